The Morgan fingerprint density at radius 3 is 2.52 bits per heavy atom. The van der Waals surface area contributed by atoms with Gasteiger partial charge in [-0.1, -0.05) is 0 Å². The lowest BCUT2D eigenvalue weighted by atomic mass is 10.2. The molecule has 7 heteroatoms. The Balaban J connectivity index is 2.32. The molecule has 2 amide bonds. The summed E-state index contributed by atoms with van der Waals surface area (Å²) in [4.78, 5) is 23.5. The van der Waals surface area contributed by atoms with Gasteiger partial charge in [-0.3, -0.25) is 9.59 Å². The zero-order valence-electron chi connectivity index (χ0n) is 12.4. The van der Waals surface area contributed by atoms with Gasteiger partial charge in [-0.15, -0.1) is 0 Å². The molecule has 0 saturated heterocycles. The van der Waals surface area contributed by atoms with Crippen LogP contribution in [-0.4, -0.2) is 18.9 Å². The van der Waals surface area contributed by atoms with Crippen molar-refractivity contribution >= 4 is 39.1 Å². The summed E-state index contributed by atoms with van der Waals surface area (Å²) in [6.07, 6.45) is 0. The molecule has 0 aromatic heterocycles. The smallest absolute Gasteiger partial charge is 0.257 e. The summed E-state index contributed by atoms with van der Waals surface area (Å²) in [5.41, 5.74) is 1.02. The maximum Gasteiger partial charge on any atom is 0.257 e. The molecule has 0 spiro atoms. The molecule has 0 aliphatic heterocycles. The van der Waals surface area contributed by atoms with Gasteiger partial charge in [-0.05, 0) is 52.3 Å². The number of rotatable bonds is 4. The van der Waals surface area contributed by atoms with Crippen LogP contribution in [0.15, 0.2) is 40.9 Å². The molecule has 0 fully saturated rings. The molecule has 0 bridgehead atoms. The van der Waals surface area contributed by atoms with E-state index in [1.54, 1.807) is 18.2 Å². The van der Waals surface area contributed by atoms with Crippen molar-refractivity contribution in [1.29, 1.82) is 0 Å². The predicted octanol–water partition coefficient (Wildman–Crippen LogP) is 3.81. The molecular formula is C16H14BrFN2O3. The first-order valence-corrected chi connectivity index (χ1v) is 7.42. The zero-order chi connectivity index (χ0) is 17.0. The fourth-order valence-electron chi connectivity index (χ4n) is 1.95. The highest BCUT2D eigenvalue weighted by Crippen LogP contribution is 2.29. The highest BCUT2D eigenvalue weighted by molar-refractivity contribution is 9.10. The Kier molecular flexibility index (Phi) is 5.33. The lowest BCUT2D eigenvalue weighted by Crippen LogP contribution is -2.14. The third-order valence-electron chi connectivity index (χ3n) is 2.94. The van der Waals surface area contributed by atoms with Gasteiger partial charge < -0.3 is 15.4 Å². The lowest BCUT2D eigenvalue weighted by molar-refractivity contribution is -0.114. The van der Waals surface area contributed by atoms with Crippen LogP contribution in [0, 0.1) is 5.82 Å². The van der Waals surface area contributed by atoms with Crippen LogP contribution in [0.4, 0.5) is 15.8 Å². The van der Waals surface area contributed by atoms with E-state index in [1.807, 2.05) is 0 Å². The SMILES string of the molecule is COc1ccc(NC(C)=O)cc1NC(=O)c1cc(F)ccc1Br. The molecule has 0 atom stereocenters. The maximum atomic E-state index is 13.3. The number of carbonyl (C=O) groups excluding carboxylic acids is 2. The van der Waals surface area contributed by atoms with Crippen LogP contribution in [0.2, 0.25) is 0 Å². The van der Waals surface area contributed by atoms with E-state index in [9.17, 15) is 14.0 Å². The number of halogens is 2. The van der Waals surface area contributed by atoms with E-state index in [-0.39, 0.29) is 11.5 Å². The van der Waals surface area contributed by atoms with Gasteiger partial charge in [0, 0.05) is 17.1 Å². The average Bonchev–Trinajstić information content (AvgIpc) is 2.49. The summed E-state index contributed by atoms with van der Waals surface area (Å²) >= 11 is 3.21. The van der Waals surface area contributed by atoms with Crippen LogP contribution >= 0.6 is 15.9 Å². The molecule has 23 heavy (non-hydrogen) atoms. The van der Waals surface area contributed by atoms with Crippen LogP contribution in [-0.2, 0) is 4.79 Å². The van der Waals surface area contributed by atoms with Gasteiger partial charge >= 0.3 is 0 Å². The Morgan fingerprint density at radius 1 is 1.13 bits per heavy atom. The van der Waals surface area contributed by atoms with E-state index >= 15 is 0 Å². The van der Waals surface area contributed by atoms with Crippen molar-refractivity contribution in [2.75, 3.05) is 17.7 Å². The van der Waals surface area contributed by atoms with Crippen molar-refractivity contribution in [2.24, 2.45) is 0 Å². The maximum absolute atomic E-state index is 13.3. The van der Waals surface area contributed by atoms with Crippen LogP contribution < -0.4 is 15.4 Å². The number of anilines is 2. The number of nitrogens with one attached hydrogen (secondary N) is 2. The molecule has 5 nitrogen and oxygen atoms in total. The van der Waals surface area contributed by atoms with Gasteiger partial charge in [0.25, 0.3) is 5.91 Å². The highest BCUT2D eigenvalue weighted by atomic mass is 79.9. The first-order valence-electron chi connectivity index (χ1n) is 6.62. The number of hydrogen-bond acceptors (Lipinski definition) is 3. The van der Waals surface area contributed by atoms with Crippen molar-refractivity contribution in [1.82, 2.24) is 0 Å². The second-order valence-electron chi connectivity index (χ2n) is 4.67. The van der Waals surface area contributed by atoms with E-state index in [4.69, 9.17) is 4.74 Å². The van der Waals surface area contributed by atoms with Gasteiger partial charge in [-0.2, -0.15) is 0 Å². The van der Waals surface area contributed by atoms with Gasteiger partial charge in [0.2, 0.25) is 5.91 Å². The van der Waals surface area contributed by atoms with Crippen LogP contribution in [0.3, 0.4) is 0 Å². The summed E-state index contributed by atoms with van der Waals surface area (Å²) in [6.45, 7) is 1.38. The van der Waals surface area contributed by atoms with E-state index in [2.05, 4.69) is 26.6 Å². The standard InChI is InChI=1S/C16H14BrFN2O3/c1-9(21)19-11-4-6-15(23-2)14(8-11)20-16(22)12-7-10(18)3-5-13(12)17/h3-8H,1-2H3,(H,19,21)(H,20,22). The number of methoxy groups -OCH3 is 1. The lowest BCUT2D eigenvalue weighted by Gasteiger charge is -2.13. The zero-order valence-corrected chi connectivity index (χ0v) is 14.0. The van der Waals surface area contributed by atoms with E-state index in [1.165, 1.54) is 26.2 Å². The molecule has 2 N–H and O–H groups in total. The molecule has 0 aliphatic carbocycles. The Labute approximate surface area is 141 Å². The number of benzene rings is 2. The largest absolute Gasteiger partial charge is 0.495 e. The summed E-state index contributed by atoms with van der Waals surface area (Å²) in [7, 11) is 1.46. The minimum atomic E-state index is -0.516. The number of ether oxygens (including phenoxy) is 1. The van der Waals surface area contributed by atoms with E-state index in [0.29, 0.717) is 21.6 Å². The highest BCUT2D eigenvalue weighted by Gasteiger charge is 2.14. The third-order valence-corrected chi connectivity index (χ3v) is 3.63. The van der Waals surface area contributed by atoms with Gasteiger partial charge in [0.15, 0.2) is 0 Å². The third kappa shape index (κ3) is 4.29. The van der Waals surface area contributed by atoms with Gasteiger partial charge in [0.1, 0.15) is 11.6 Å². The number of hydrogen-bond donors (Lipinski definition) is 2. The summed E-state index contributed by atoms with van der Waals surface area (Å²) < 4.78 is 19.0. The minimum Gasteiger partial charge on any atom is -0.495 e. The van der Waals surface area contributed by atoms with Gasteiger partial charge in [-0.25, -0.2) is 4.39 Å². The topological polar surface area (TPSA) is 67.4 Å². The van der Waals surface area contributed by atoms with E-state index in [0.717, 1.165) is 6.07 Å². The Hall–Kier alpha value is -2.41. The first-order chi connectivity index (χ1) is 10.9. The minimum absolute atomic E-state index is 0.150. The molecule has 120 valence electrons. The van der Waals surface area contributed by atoms with E-state index < -0.39 is 11.7 Å². The van der Waals surface area contributed by atoms with Crippen molar-refractivity contribution in [2.45, 2.75) is 6.92 Å². The Morgan fingerprint density at radius 2 is 1.87 bits per heavy atom. The molecular weight excluding hydrogens is 367 g/mol. The summed E-state index contributed by atoms with van der Waals surface area (Å²) in [6, 6.07) is 8.65. The molecule has 0 saturated carbocycles. The molecule has 0 radical (unpaired) electrons. The fraction of sp³-hybridized carbons (Fsp3) is 0.125. The Bertz CT molecular complexity index is 765. The van der Waals surface area contributed by atoms with Crippen LogP contribution in [0.5, 0.6) is 5.75 Å². The molecule has 2 aromatic rings. The second-order valence-corrected chi connectivity index (χ2v) is 5.53. The molecule has 2 aromatic carbocycles. The monoisotopic (exact) mass is 380 g/mol. The molecule has 2 rings (SSSR count). The fourth-order valence-corrected chi connectivity index (χ4v) is 2.37. The van der Waals surface area contributed by atoms with Crippen LogP contribution in [0.25, 0.3) is 0 Å². The van der Waals surface area contributed by atoms with Crippen molar-refractivity contribution in [3.8, 4) is 5.75 Å². The predicted molar refractivity (Wildman–Crippen MR) is 89.4 cm³/mol. The van der Waals surface area contributed by atoms with Crippen molar-refractivity contribution < 1.29 is 18.7 Å². The van der Waals surface area contributed by atoms with Crippen LogP contribution in [0.1, 0.15) is 17.3 Å². The molecule has 0 heterocycles. The normalized spacial score (nSPS) is 10.1. The number of carbonyl (C=O) groups is 2. The summed E-state index contributed by atoms with van der Waals surface area (Å²) in [5, 5.41) is 5.26. The number of amides is 2. The van der Waals surface area contributed by atoms with Crippen molar-refractivity contribution in [3.63, 3.8) is 0 Å². The molecule has 0 unspecified atom stereocenters. The van der Waals surface area contributed by atoms with Gasteiger partial charge in [0.05, 0.1) is 18.4 Å². The first kappa shape index (κ1) is 17.0. The summed E-state index contributed by atoms with van der Waals surface area (Å²) in [5.74, 6) is -0.841. The average molecular weight is 381 g/mol. The molecule has 0 aliphatic rings. The van der Waals surface area contributed by atoms with Crippen molar-refractivity contribution in [3.05, 3.63) is 52.3 Å². The second kappa shape index (κ2) is 7.23. The quantitative estimate of drug-likeness (QED) is 0.847.